The number of aryl methyl sites for hydroxylation is 1. The molecule has 0 saturated heterocycles. The van der Waals surface area contributed by atoms with Crippen molar-refractivity contribution < 1.29 is 36.3 Å². The Kier molecular flexibility index (Phi) is 7.64. The number of esters is 1. The lowest BCUT2D eigenvalue weighted by Crippen LogP contribution is -2.36. The molecule has 0 unspecified atom stereocenters. The van der Waals surface area contributed by atoms with Gasteiger partial charge in [0.05, 0.1) is 18.2 Å². The molecular weight excluding hydrogens is 573 g/mol. The number of carbonyl (C=O) groups is 1. The van der Waals surface area contributed by atoms with Crippen molar-refractivity contribution in [1.29, 1.82) is 0 Å². The van der Waals surface area contributed by atoms with E-state index in [9.17, 15) is 18.0 Å². The molecule has 1 saturated carbocycles. The summed E-state index contributed by atoms with van der Waals surface area (Å²) in [5, 5.41) is 0.290. The number of hydrogen-bond acceptors (Lipinski definition) is 7. The minimum atomic E-state index is -3.20. The molecule has 222 valence electrons. The second kappa shape index (κ2) is 12.5. The Balaban J connectivity index is 1.36. The van der Waals surface area contributed by atoms with E-state index in [0.717, 1.165) is 18.9 Å². The van der Waals surface area contributed by atoms with Crippen LogP contribution in [0.4, 0.5) is 19.1 Å². The lowest BCUT2D eigenvalue weighted by atomic mass is 9.83. The van der Waals surface area contributed by atoms with E-state index in [-0.39, 0.29) is 40.8 Å². The van der Waals surface area contributed by atoms with Crippen LogP contribution in [0.3, 0.4) is 0 Å². The predicted octanol–water partition coefficient (Wildman–Crippen LogP) is 6.89. The molecule has 1 fully saturated rings. The number of fused-ring (bicyclic) bond motifs is 1. The summed E-state index contributed by atoms with van der Waals surface area (Å²) in [6.45, 7) is -5.84. The van der Waals surface area contributed by atoms with Crippen molar-refractivity contribution in [3.8, 4) is 11.6 Å². The SMILES string of the molecule is [2H]C([2H])([2H])N(c1nc2c(OC(F)F)cc(C(=O)OC)cc2n1C)C1CCC(c2cccc(OCc3ccc(Cl)cc3F)n2)CC1. The monoisotopic (exact) mass is 605 g/mol. The van der Waals surface area contributed by atoms with Crippen LogP contribution in [-0.2, 0) is 18.4 Å². The zero-order valence-corrected chi connectivity index (χ0v) is 23.6. The summed E-state index contributed by atoms with van der Waals surface area (Å²) in [5.41, 5.74) is 1.28. The number of methoxy groups -OCH3 is 1. The summed E-state index contributed by atoms with van der Waals surface area (Å²) >= 11 is 5.82. The molecule has 8 nitrogen and oxygen atoms in total. The molecule has 0 aliphatic heterocycles. The van der Waals surface area contributed by atoms with E-state index in [1.807, 2.05) is 6.07 Å². The number of carbonyl (C=O) groups excluding carboxylic acids is 1. The van der Waals surface area contributed by atoms with E-state index in [4.69, 9.17) is 25.2 Å². The zero-order valence-electron chi connectivity index (χ0n) is 25.8. The Hall–Kier alpha value is -3.99. The van der Waals surface area contributed by atoms with Gasteiger partial charge in [0.2, 0.25) is 11.8 Å². The summed E-state index contributed by atoms with van der Waals surface area (Å²) in [6.07, 6.45) is 2.16. The molecule has 42 heavy (non-hydrogen) atoms. The van der Waals surface area contributed by atoms with Crippen LogP contribution in [0.2, 0.25) is 5.02 Å². The molecule has 0 spiro atoms. The first kappa shape index (κ1) is 25.7. The first-order chi connectivity index (χ1) is 21.3. The maximum Gasteiger partial charge on any atom is 0.387 e. The molecule has 1 aliphatic rings. The summed E-state index contributed by atoms with van der Waals surface area (Å²) in [7, 11) is 2.70. The van der Waals surface area contributed by atoms with Crippen molar-refractivity contribution >= 4 is 34.6 Å². The van der Waals surface area contributed by atoms with Gasteiger partial charge in [-0.05, 0) is 56.0 Å². The lowest BCUT2D eigenvalue weighted by molar-refractivity contribution is -0.0489. The lowest BCUT2D eigenvalue weighted by Gasteiger charge is -2.35. The van der Waals surface area contributed by atoms with Gasteiger partial charge in [0.1, 0.15) is 17.9 Å². The first-order valence-electron chi connectivity index (χ1n) is 14.7. The Morgan fingerprint density at radius 2 is 1.95 bits per heavy atom. The highest BCUT2D eigenvalue weighted by atomic mass is 35.5. The standard InChI is InChI=1S/C30H30ClF3N4O4/c1-37(30-36-27-24(38(30)2)13-19(28(39)40-3)14-25(27)42-29(33)34)21-11-8-17(9-12-21)23-5-4-6-26(35-23)41-16-18-7-10-20(31)15-22(18)32/h4-7,10,13-15,17,21,29H,8-9,11-12,16H2,1-3H3/i1D3. The van der Waals surface area contributed by atoms with Crippen LogP contribution in [0.5, 0.6) is 11.6 Å². The smallest absolute Gasteiger partial charge is 0.387 e. The van der Waals surface area contributed by atoms with Crippen molar-refractivity contribution in [2.75, 3.05) is 19.0 Å². The Bertz CT molecular complexity index is 1700. The number of hydrogen-bond donors (Lipinski definition) is 0. The fraction of sp³-hybridized carbons (Fsp3) is 0.367. The molecule has 2 heterocycles. The van der Waals surface area contributed by atoms with Crippen LogP contribution >= 0.6 is 11.6 Å². The van der Waals surface area contributed by atoms with E-state index in [1.165, 1.54) is 21.6 Å². The Morgan fingerprint density at radius 3 is 2.64 bits per heavy atom. The minimum Gasteiger partial charge on any atom is -0.473 e. The number of aromatic nitrogens is 3. The second-order valence-corrected chi connectivity index (χ2v) is 10.4. The van der Waals surface area contributed by atoms with Crippen LogP contribution in [-0.4, -0.2) is 47.2 Å². The van der Waals surface area contributed by atoms with Gasteiger partial charge in [-0.15, -0.1) is 0 Å². The van der Waals surface area contributed by atoms with Crippen molar-refractivity contribution in [2.45, 2.75) is 50.9 Å². The minimum absolute atomic E-state index is 0.0112. The average Bonchev–Trinajstić information content (AvgIpc) is 3.31. The molecule has 0 N–H and O–H groups in total. The van der Waals surface area contributed by atoms with Gasteiger partial charge in [-0.3, -0.25) is 0 Å². The molecule has 5 rings (SSSR count). The molecule has 0 radical (unpaired) electrons. The van der Waals surface area contributed by atoms with Crippen LogP contribution in [0.15, 0.2) is 48.5 Å². The quantitative estimate of drug-likeness (QED) is 0.192. The number of halogens is 4. The highest BCUT2D eigenvalue weighted by Gasteiger charge is 2.29. The van der Waals surface area contributed by atoms with Crippen molar-refractivity contribution in [2.24, 2.45) is 7.05 Å². The Morgan fingerprint density at radius 1 is 1.17 bits per heavy atom. The Labute approximate surface area is 250 Å². The molecule has 2 aromatic carbocycles. The van der Waals surface area contributed by atoms with Gasteiger partial charge >= 0.3 is 12.6 Å². The number of pyridine rings is 1. The number of ether oxygens (including phenoxy) is 3. The summed E-state index contributed by atoms with van der Waals surface area (Å²) < 4.78 is 82.3. The van der Waals surface area contributed by atoms with Crippen LogP contribution in [0, 0.1) is 5.82 Å². The van der Waals surface area contributed by atoms with Gasteiger partial charge in [0.25, 0.3) is 0 Å². The molecule has 1 aliphatic carbocycles. The van der Waals surface area contributed by atoms with Gasteiger partial charge < -0.3 is 23.7 Å². The predicted molar refractivity (Wildman–Crippen MR) is 152 cm³/mol. The highest BCUT2D eigenvalue weighted by molar-refractivity contribution is 6.30. The molecule has 12 heteroatoms. The van der Waals surface area contributed by atoms with Crippen molar-refractivity contribution in [3.05, 3.63) is 76.2 Å². The van der Waals surface area contributed by atoms with Gasteiger partial charge in [-0.1, -0.05) is 23.7 Å². The third kappa shape index (κ3) is 6.25. The van der Waals surface area contributed by atoms with Gasteiger partial charge in [0, 0.05) is 52.4 Å². The van der Waals surface area contributed by atoms with E-state index in [2.05, 4.69) is 14.7 Å². The fourth-order valence-corrected chi connectivity index (χ4v) is 5.36. The molecule has 0 amide bonds. The average molecular weight is 606 g/mol. The van der Waals surface area contributed by atoms with E-state index >= 15 is 0 Å². The van der Waals surface area contributed by atoms with Gasteiger partial charge in [-0.25, -0.2) is 19.2 Å². The zero-order chi connectivity index (χ0) is 32.5. The molecular formula is C30H30ClF3N4O4. The number of benzene rings is 2. The normalized spacial score (nSPS) is 18.3. The number of alkyl halides is 2. The third-order valence-corrected chi connectivity index (χ3v) is 7.63. The maximum absolute atomic E-state index is 14.2. The van der Waals surface area contributed by atoms with Gasteiger partial charge in [0.15, 0.2) is 5.75 Å². The van der Waals surface area contributed by atoms with Crippen LogP contribution in [0.1, 0.15) is 57.3 Å². The molecule has 4 aromatic rings. The summed E-state index contributed by atoms with van der Waals surface area (Å²) in [4.78, 5) is 22.5. The van der Waals surface area contributed by atoms with Crippen molar-refractivity contribution in [3.63, 3.8) is 0 Å². The third-order valence-electron chi connectivity index (χ3n) is 7.40. The number of rotatable bonds is 9. The number of nitrogens with zero attached hydrogens (tertiary/aromatic N) is 4. The number of anilines is 1. The topological polar surface area (TPSA) is 78.7 Å². The van der Waals surface area contributed by atoms with E-state index < -0.39 is 31.4 Å². The first-order valence-corrected chi connectivity index (χ1v) is 13.6. The van der Waals surface area contributed by atoms with Crippen LogP contribution < -0.4 is 14.4 Å². The molecule has 0 bridgehead atoms. The summed E-state index contributed by atoms with van der Waals surface area (Å²) in [5.74, 6) is -1.24. The van der Waals surface area contributed by atoms with E-state index in [1.54, 1.807) is 31.3 Å². The molecule has 2 aromatic heterocycles. The fourth-order valence-electron chi connectivity index (χ4n) is 5.20. The largest absolute Gasteiger partial charge is 0.473 e. The number of imidazole rings is 1. The second-order valence-electron chi connectivity index (χ2n) is 9.98. The van der Waals surface area contributed by atoms with Crippen molar-refractivity contribution in [1.82, 2.24) is 14.5 Å². The van der Waals surface area contributed by atoms with E-state index in [0.29, 0.717) is 42.1 Å². The van der Waals surface area contributed by atoms with Gasteiger partial charge in [-0.2, -0.15) is 8.78 Å². The maximum atomic E-state index is 14.2. The van der Waals surface area contributed by atoms with Crippen LogP contribution in [0.25, 0.3) is 11.0 Å². The summed E-state index contributed by atoms with van der Waals surface area (Å²) in [6, 6.07) is 11.7. The molecule has 0 atom stereocenters. The highest BCUT2D eigenvalue weighted by Crippen LogP contribution is 2.37.